The summed E-state index contributed by atoms with van der Waals surface area (Å²) in [5.74, 6) is 0.0125. The first-order chi connectivity index (χ1) is 10.6. The highest BCUT2D eigenvalue weighted by molar-refractivity contribution is 5.92. The van der Waals surface area contributed by atoms with Crippen LogP contribution in [0, 0.1) is 5.92 Å². The van der Waals surface area contributed by atoms with Crippen LogP contribution in [0.3, 0.4) is 0 Å². The average Bonchev–Trinajstić information content (AvgIpc) is 2.52. The largest absolute Gasteiger partial charge is 0.385 e. The van der Waals surface area contributed by atoms with Crippen molar-refractivity contribution in [1.29, 1.82) is 0 Å². The van der Waals surface area contributed by atoms with E-state index in [9.17, 15) is 9.59 Å². The second kappa shape index (κ2) is 9.95. The van der Waals surface area contributed by atoms with Crippen molar-refractivity contribution in [3.63, 3.8) is 0 Å². The summed E-state index contributed by atoms with van der Waals surface area (Å²) in [7, 11) is 1.62. The van der Waals surface area contributed by atoms with Crippen molar-refractivity contribution in [3.05, 3.63) is 29.8 Å². The van der Waals surface area contributed by atoms with Gasteiger partial charge in [0.25, 0.3) is 0 Å². The number of amides is 2. The molecule has 2 amide bonds. The summed E-state index contributed by atoms with van der Waals surface area (Å²) in [4.78, 5) is 23.5. The van der Waals surface area contributed by atoms with E-state index in [2.05, 4.69) is 10.6 Å². The number of benzene rings is 1. The Balaban J connectivity index is 2.47. The van der Waals surface area contributed by atoms with Crippen LogP contribution < -0.4 is 10.6 Å². The third kappa shape index (κ3) is 6.72. The fourth-order valence-corrected chi connectivity index (χ4v) is 1.88. The number of nitrogens with one attached hydrogen (secondary N) is 2. The Hall–Kier alpha value is -1.88. The Morgan fingerprint density at radius 2 is 2.09 bits per heavy atom. The number of ether oxygens (including phenoxy) is 1. The van der Waals surface area contributed by atoms with Gasteiger partial charge >= 0.3 is 0 Å². The lowest BCUT2D eigenvalue weighted by Crippen LogP contribution is -2.23. The van der Waals surface area contributed by atoms with E-state index in [0.717, 1.165) is 17.7 Å². The highest BCUT2D eigenvalue weighted by Crippen LogP contribution is 2.13. The molecule has 22 heavy (non-hydrogen) atoms. The summed E-state index contributed by atoms with van der Waals surface area (Å²) in [6, 6.07) is 7.53. The molecule has 0 bridgehead atoms. The molecule has 122 valence electrons. The first-order valence-corrected chi connectivity index (χ1v) is 7.72. The predicted molar refractivity (Wildman–Crippen MR) is 87.5 cm³/mol. The van der Waals surface area contributed by atoms with Crippen LogP contribution in [0.2, 0.25) is 0 Å². The number of carbonyl (C=O) groups is 2. The van der Waals surface area contributed by atoms with Gasteiger partial charge in [-0.15, -0.1) is 0 Å². The molecule has 1 aromatic rings. The molecular weight excluding hydrogens is 280 g/mol. The van der Waals surface area contributed by atoms with Gasteiger partial charge in [-0.05, 0) is 30.5 Å². The highest BCUT2D eigenvalue weighted by Gasteiger charge is 2.10. The van der Waals surface area contributed by atoms with E-state index in [1.165, 1.54) is 0 Å². The standard InChI is InChI=1S/C17H26N2O3/c1-4-13(2)17(21)19-15-8-5-7-14(11-15)12-18-16(20)9-6-10-22-3/h5,7-8,11,13H,4,6,9-10,12H2,1-3H3,(H,18,20)(H,19,21). The normalized spacial score (nSPS) is 11.8. The van der Waals surface area contributed by atoms with Crippen LogP contribution in [0.4, 0.5) is 5.69 Å². The second-order valence-electron chi connectivity index (χ2n) is 5.37. The van der Waals surface area contributed by atoms with Crippen LogP contribution in [-0.2, 0) is 20.9 Å². The lowest BCUT2D eigenvalue weighted by molar-refractivity contribution is -0.121. The van der Waals surface area contributed by atoms with Gasteiger partial charge < -0.3 is 15.4 Å². The first kappa shape index (κ1) is 18.2. The van der Waals surface area contributed by atoms with Crippen molar-refractivity contribution in [1.82, 2.24) is 5.32 Å². The summed E-state index contributed by atoms with van der Waals surface area (Å²) in [6.45, 7) is 4.93. The van der Waals surface area contributed by atoms with Gasteiger partial charge in [0.05, 0.1) is 0 Å². The molecule has 1 rings (SSSR count). The van der Waals surface area contributed by atoms with Crippen molar-refractivity contribution in [2.24, 2.45) is 5.92 Å². The molecule has 2 N–H and O–H groups in total. The van der Waals surface area contributed by atoms with Crippen LogP contribution in [-0.4, -0.2) is 25.5 Å². The van der Waals surface area contributed by atoms with Crippen molar-refractivity contribution in [3.8, 4) is 0 Å². The van der Waals surface area contributed by atoms with Crippen LogP contribution in [0.1, 0.15) is 38.7 Å². The molecule has 0 spiro atoms. The maximum Gasteiger partial charge on any atom is 0.227 e. The van der Waals surface area contributed by atoms with Gasteiger partial charge in [-0.3, -0.25) is 9.59 Å². The predicted octanol–water partition coefficient (Wildman–Crippen LogP) is 2.71. The molecule has 5 nitrogen and oxygen atoms in total. The quantitative estimate of drug-likeness (QED) is 0.689. The van der Waals surface area contributed by atoms with Gasteiger partial charge in [-0.1, -0.05) is 26.0 Å². The lowest BCUT2D eigenvalue weighted by Gasteiger charge is -2.11. The van der Waals surface area contributed by atoms with E-state index in [4.69, 9.17) is 4.74 Å². The molecule has 0 saturated heterocycles. The second-order valence-corrected chi connectivity index (χ2v) is 5.37. The van der Waals surface area contributed by atoms with Gasteiger partial charge in [-0.25, -0.2) is 0 Å². The minimum atomic E-state index is -0.0101. The average molecular weight is 306 g/mol. The third-order valence-electron chi connectivity index (χ3n) is 3.50. The Morgan fingerprint density at radius 3 is 2.77 bits per heavy atom. The van der Waals surface area contributed by atoms with Gasteiger partial charge in [0.15, 0.2) is 0 Å². The number of anilines is 1. The van der Waals surface area contributed by atoms with Crippen molar-refractivity contribution in [2.45, 2.75) is 39.7 Å². The zero-order valence-corrected chi connectivity index (χ0v) is 13.6. The number of carbonyl (C=O) groups excluding carboxylic acids is 2. The van der Waals surface area contributed by atoms with E-state index < -0.39 is 0 Å². The fourth-order valence-electron chi connectivity index (χ4n) is 1.88. The van der Waals surface area contributed by atoms with Crippen LogP contribution in [0.25, 0.3) is 0 Å². The molecule has 0 fully saturated rings. The number of rotatable bonds is 9. The zero-order valence-electron chi connectivity index (χ0n) is 13.6. The highest BCUT2D eigenvalue weighted by atomic mass is 16.5. The van der Waals surface area contributed by atoms with Gasteiger partial charge in [-0.2, -0.15) is 0 Å². The maximum absolute atomic E-state index is 11.9. The molecule has 5 heteroatoms. The van der Waals surface area contributed by atoms with Crippen LogP contribution >= 0.6 is 0 Å². The minimum Gasteiger partial charge on any atom is -0.385 e. The lowest BCUT2D eigenvalue weighted by atomic mass is 10.1. The van der Waals surface area contributed by atoms with Crippen molar-refractivity contribution >= 4 is 17.5 Å². The Labute approximate surface area is 132 Å². The summed E-state index contributed by atoms with van der Waals surface area (Å²) in [6.07, 6.45) is 1.98. The summed E-state index contributed by atoms with van der Waals surface area (Å²) in [5, 5.41) is 5.76. The SMILES string of the molecule is CCC(C)C(=O)Nc1cccc(CNC(=O)CCCOC)c1. The van der Waals surface area contributed by atoms with Gasteiger partial charge in [0.2, 0.25) is 11.8 Å². The molecule has 1 aromatic carbocycles. The summed E-state index contributed by atoms with van der Waals surface area (Å²) < 4.78 is 4.92. The molecule has 0 aliphatic rings. The minimum absolute atomic E-state index is 0.00564. The maximum atomic E-state index is 11.9. The Morgan fingerprint density at radius 1 is 1.32 bits per heavy atom. The van der Waals surface area contributed by atoms with Gasteiger partial charge in [0.1, 0.15) is 0 Å². The zero-order chi connectivity index (χ0) is 16.4. The van der Waals surface area contributed by atoms with E-state index in [-0.39, 0.29) is 17.7 Å². The Kier molecular flexibility index (Phi) is 8.22. The summed E-state index contributed by atoms with van der Waals surface area (Å²) >= 11 is 0. The van der Waals surface area contributed by atoms with Crippen molar-refractivity contribution in [2.75, 3.05) is 19.0 Å². The Bertz CT molecular complexity index is 489. The van der Waals surface area contributed by atoms with E-state index in [0.29, 0.717) is 26.0 Å². The van der Waals surface area contributed by atoms with Crippen LogP contribution in [0.15, 0.2) is 24.3 Å². The number of hydrogen-bond donors (Lipinski definition) is 2. The molecule has 0 aliphatic carbocycles. The molecule has 0 heterocycles. The third-order valence-corrected chi connectivity index (χ3v) is 3.50. The molecule has 0 saturated carbocycles. The van der Waals surface area contributed by atoms with E-state index in [1.807, 2.05) is 38.1 Å². The van der Waals surface area contributed by atoms with E-state index in [1.54, 1.807) is 7.11 Å². The number of methoxy groups -OCH3 is 1. The van der Waals surface area contributed by atoms with Gasteiger partial charge in [0, 0.05) is 38.3 Å². The van der Waals surface area contributed by atoms with Crippen LogP contribution in [0.5, 0.6) is 0 Å². The molecule has 0 aliphatic heterocycles. The molecule has 1 unspecified atom stereocenters. The fraction of sp³-hybridized carbons (Fsp3) is 0.529. The topological polar surface area (TPSA) is 67.4 Å². The number of hydrogen-bond acceptors (Lipinski definition) is 3. The molecular formula is C17H26N2O3. The monoisotopic (exact) mass is 306 g/mol. The first-order valence-electron chi connectivity index (χ1n) is 7.72. The molecule has 0 aromatic heterocycles. The van der Waals surface area contributed by atoms with Crippen molar-refractivity contribution < 1.29 is 14.3 Å². The van der Waals surface area contributed by atoms with E-state index >= 15 is 0 Å². The molecule has 1 atom stereocenters. The molecule has 0 radical (unpaired) electrons. The smallest absolute Gasteiger partial charge is 0.227 e. The summed E-state index contributed by atoms with van der Waals surface area (Å²) in [5.41, 5.74) is 1.72.